The summed E-state index contributed by atoms with van der Waals surface area (Å²) in [6, 6.07) is 3.80. The molecule has 0 aliphatic rings. The van der Waals surface area contributed by atoms with Crippen LogP contribution in [0.4, 0.5) is 0 Å². The number of rotatable bonds is 3. The van der Waals surface area contributed by atoms with Gasteiger partial charge in [0.15, 0.2) is 0 Å². The third-order valence-electron chi connectivity index (χ3n) is 1.78. The summed E-state index contributed by atoms with van der Waals surface area (Å²) in [6.45, 7) is 1.57. The fraction of sp³-hybridized carbons (Fsp3) is 0.200. The van der Waals surface area contributed by atoms with Gasteiger partial charge in [0.05, 0.1) is 21.3 Å². The topological polar surface area (TPSA) is 30.0 Å². The molecule has 0 unspecified atom stereocenters. The van der Waals surface area contributed by atoms with Crippen molar-refractivity contribution in [3.05, 3.63) is 26.9 Å². The van der Waals surface area contributed by atoms with Gasteiger partial charge in [-0.15, -0.1) is 22.7 Å². The highest BCUT2D eigenvalue weighted by Crippen LogP contribution is 2.31. The maximum Gasteiger partial charge on any atom is 0.136 e. The minimum Gasteiger partial charge on any atom is -0.300 e. The maximum absolute atomic E-state index is 10.9. The van der Waals surface area contributed by atoms with Gasteiger partial charge in [0.25, 0.3) is 0 Å². The second-order valence-corrected chi connectivity index (χ2v) is 5.77. The van der Waals surface area contributed by atoms with Crippen LogP contribution in [0.5, 0.6) is 0 Å². The first kappa shape index (κ1) is 10.8. The highest BCUT2D eigenvalue weighted by molar-refractivity contribution is 7.19. The van der Waals surface area contributed by atoms with Crippen molar-refractivity contribution in [1.29, 1.82) is 0 Å². The average molecular weight is 258 g/mol. The smallest absolute Gasteiger partial charge is 0.136 e. The van der Waals surface area contributed by atoms with Crippen LogP contribution in [0, 0.1) is 0 Å². The van der Waals surface area contributed by atoms with Gasteiger partial charge < -0.3 is 0 Å². The molecule has 5 heteroatoms. The number of halogens is 1. The molecule has 0 spiro atoms. The van der Waals surface area contributed by atoms with Crippen molar-refractivity contribution in [3.8, 4) is 10.6 Å². The van der Waals surface area contributed by atoms with E-state index < -0.39 is 0 Å². The number of carbonyl (C=O) groups is 1. The van der Waals surface area contributed by atoms with Crippen molar-refractivity contribution >= 4 is 40.1 Å². The first-order valence-corrected chi connectivity index (χ1v) is 6.42. The van der Waals surface area contributed by atoms with Gasteiger partial charge in [-0.3, -0.25) is 4.79 Å². The van der Waals surface area contributed by atoms with E-state index in [9.17, 15) is 4.79 Å². The maximum atomic E-state index is 10.9. The Morgan fingerprint density at radius 2 is 2.33 bits per heavy atom. The van der Waals surface area contributed by atoms with Crippen LogP contribution in [0.1, 0.15) is 11.9 Å². The molecule has 2 rings (SSSR count). The lowest BCUT2D eigenvalue weighted by Gasteiger charge is -1.89. The fourth-order valence-electron chi connectivity index (χ4n) is 1.17. The Labute approximate surface area is 101 Å². The Kier molecular flexibility index (Phi) is 3.19. The highest BCUT2D eigenvalue weighted by Gasteiger charge is 2.08. The van der Waals surface area contributed by atoms with Gasteiger partial charge in [-0.05, 0) is 19.1 Å². The van der Waals surface area contributed by atoms with Gasteiger partial charge in [-0.25, -0.2) is 4.98 Å². The van der Waals surface area contributed by atoms with Crippen LogP contribution in [-0.2, 0) is 11.2 Å². The fourth-order valence-corrected chi connectivity index (χ4v) is 3.11. The van der Waals surface area contributed by atoms with Crippen LogP contribution < -0.4 is 0 Å². The number of thiazole rings is 1. The quantitative estimate of drug-likeness (QED) is 0.840. The predicted molar refractivity (Wildman–Crippen MR) is 64.8 cm³/mol. The molecular weight excluding hydrogens is 250 g/mol. The molecule has 2 aromatic rings. The van der Waals surface area contributed by atoms with Crippen molar-refractivity contribution in [1.82, 2.24) is 4.98 Å². The predicted octanol–water partition coefficient (Wildman–Crippen LogP) is 3.66. The Hall–Kier alpha value is -0.710. The van der Waals surface area contributed by atoms with Crippen LogP contribution in [-0.4, -0.2) is 10.8 Å². The van der Waals surface area contributed by atoms with E-state index in [1.54, 1.807) is 6.92 Å². The van der Waals surface area contributed by atoms with Crippen molar-refractivity contribution in [3.63, 3.8) is 0 Å². The highest BCUT2D eigenvalue weighted by atomic mass is 35.5. The van der Waals surface area contributed by atoms with Gasteiger partial charge in [0.2, 0.25) is 0 Å². The molecule has 0 radical (unpaired) electrons. The molecule has 0 amide bonds. The summed E-state index contributed by atoms with van der Waals surface area (Å²) >= 11 is 8.85. The SMILES string of the molecule is CC(=O)Cc1nc(-c2ccc(Cl)s2)cs1. The number of ketones is 1. The Bertz CT molecular complexity index is 489. The minimum atomic E-state index is 0.139. The van der Waals surface area contributed by atoms with Crippen LogP contribution in [0.3, 0.4) is 0 Å². The molecule has 78 valence electrons. The van der Waals surface area contributed by atoms with E-state index in [1.807, 2.05) is 17.5 Å². The van der Waals surface area contributed by atoms with Gasteiger partial charge in [-0.2, -0.15) is 0 Å². The molecule has 0 saturated heterocycles. The van der Waals surface area contributed by atoms with E-state index in [0.29, 0.717) is 6.42 Å². The monoisotopic (exact) mass is 257 g/mol. The number of thiophene rings is 1. The summed E-state index contributed by atoms with van der Waals surface area (Å²) in [5.41, 5.74) is 0.910. The first-order valence-electron chi connectivity index (χ1n) is 4.34. The minimum absolute atomic E-state index is 0.139. The first-order chi connectivity index (χ1) is 7.15. The second-order valence-electron chi connectivity index (χ2n) is 3.11. The molecule has 2 aromatic heterocycles. The van der Waals surface area contributed by atoms with E-state index in [-0.39, 0.29) is 5.78 Å². The lowest BCUT2D eigenvalue weighted by Crippen LogP contribution is -1.94. The second kappa shape index (κ2) is 4.43. The standard InChI is InChI=1S/C10H8ClNOS2/c1-6(13)4-10-12-7(5-14-10)8-2-3-9(11)15-8/h2-3,5H,4H2,1H3. The van der Waals surface area contributed by atoms with Gasteiger partial charge in [-0.1, -0.05) is 11.6 Å². The summed E-state index contributed by atoms with van der Waals surface area (Å²) in [6.07, 6.45) is 0.420. The number of carbonyl (C=O) groups excluding carboxylic acids is 1. The largest absolute Gasteiger partial charge is 0.300 e. The molecule has 0 aromatic carbocycles. The normalized spacial score (nSPS) is 10.5. The molecule has 0 bridgehead atoms. The number of Topliss-reactive ketones (excluding diaryl/α,β-unsaturated/α-hetero) is 1. The van der Waals surface area contributed by atoms with Gasteiger partial charge in [0.1, 0.15) is 10.8 Å². The molecule has 0 atom stereocenters. The van der Waals surface area contributed by atoms with Crippen LogP contribution >= 0.6 is 34.3 Å². The molecule has 0 saturated carbocycles. The number of hydrogen-bond acceptors (Lipinski definition) is 4. The molecule has 15 heavy (non-hydrogen) atoms. The Morgan fingerprint density at radius 1 is 1.53 bits per heavy atom. The average Bonchev–Trinajstić information content (AvgIpc) is 2.72. The van der Waals surface area contributed by atoms with Crippen LogP contribution in [0.15, 0.2) is 17.5 Å². The third-order valence-corrected chi connectivity index (χ3v) is 3.88. The number of hydrogen-bond donors (Lipinski definition) is 0. The number of aromatic nitrogens is 1. The zero-order valence-electron chi connectivity index (χ0n) is 7.99. The van der Waals surface area contributed by atoms with E-state index in [1.165, 1.54) is 22.7 Å². The van der Waals surface area contributed by atoms with Crippen LogP contribution in [0.25, 0.3) is 10.6 Å². The molecule has 0 aliphatic carbocycles. The Balaban J connectivity index is 2.23. The van der Waals surface area contributed by atoms with Crippen molar-refractivity contribution in [2.24, 2.45) is 0 Å². The van der Waals surface area contributed by atoms with Crippen molar-refractivity contribution < 1.29 is 4.79 Å². The van der Waals surface area contributed by atoms with E-state index in [2.05, 4.69) is 4.98 Å². The lowest BCUT2D eigenvalue weighted by atomic mass is 10.3. The van der Waals surface area contributed by atoms with Crippen molar-refractivity contribution in [2.75, 3.05) is 0 Å². The molecule has 2 nitrogen and oxygen atoms in total. The number of nitrogens with zero attached hydrogens (tertiary/aromatic N) is 1. The summed E-state index contributed by atoms with van der Waals surface area (Å²) < 4.78 is 0.756. The third kappa shape index (κ3) is 2.65. The van der Waals surface area contributed by atoms with E-state index in [0.717, 1.165) is 19.9 Å². The summed E-state index contributed by atoms with van der Waals surface area (Å²) in [7, 11) is 0. The molecular formula is C10H8ClNOS2. The lowest BCUT2D eigenvalue weighted by molar-refractivity contribution is -0.116. The van der Waals surface area contributed by atoms with Crippen LogP contribution in [0.2, 0.25) is 4.34 Å². The molecule has 0 N–H and O–H groups in total. The van der Waals surface area contributed by atoms with Crippen molar-refractivity contribution in [2.45, 2.75) is 13.3 Å². The molecule has 0 aliphatic heterocycles. The molecule has 0 fully saturated rings. The van der Waals surface area contributed by atoms with Gasteiger partial charge in [0, 0.05) is 5.38 Å². The zero-order valence-corrected chi connectivity index (χ0v) is 10.4. The summed E-state index contributed by atoms with van der Waals surface area (Å²) in [5, 5.41) is 2.82. The van der Waals surface area contributed by atoms with Gasteiger partial charge >= 0.3 is 0 Å². The Morgan fingerprint density at radius 3 is 2.93 bits per heavy atom. The summed E-state index contributed by atoms with van der Waals surface area (Å²) in [4.78, 5) is 16.3. The van der Waals surface area contributed by atoms with E-state index in [4.69, 9.17) is 11.6 Å². The zero-order chi connectivity index (χ0) is 10.8. The summed E-state index contributed by atoms with van der Waals surface area (Å²) in [5.74, 6) is 0.139. The van der Waals surface area contributed by atoms with E-state index >= 15 is 0 Å². The molecule has 2 heterocycles.